The molecular formula is C13H24O2. The van der Waals surface area contributed by atoms with Crippen molar-refractivity contribution in [1.82, 2.24) is 0 Å². The number of allylic oxidation sites excluding steroid dienone is 1. The SMILES string of the molecule is CC(C)/C=C/C1(C)CCC(C(C)(C)O)O1. The van der Waals surface area contributed by atoms with Crippen molar-refractivity contribution in [2.24, 2.45) is 5.92 Å². The fraction of sp³-hybridized carbons (Fsp3) is 0.846. The number of aliphatic hydroxyl groups is 1. The van der Waals surface area contributed by atoms with Gasteiger partial charge in [0, 0.05) is 0 Å². The molecule has 0 aromatic heterocycles. The number of hydrogen-bond donors (Lipinski definition) is 1. The van der Waals surface area contributed by atoms with Gasteiger partial charge in [0.1, 0.15) is 0 Å². The van der Waals surface area contributed by atoms with E-state index < -0.39 is 5.60 Å². The minimum absolute atomic E-state index is 0.0423. The van der Waals surface area contributed by atoms with Crippen LogP contribution in [0, 0.1) is 5.92 Å². The van der Waals surface area contributed by atoms with E-state index in [2.05, 4.69) is 32.9 Å². The molecule has 88 valence electrons. The third-order valence-corrected chi connectivity index (χ3v) is 2.94. The van der Waals surface area contributed by atoms with Crippen LogP contribution in [0.2, 0.25) is 0 Å². The van der Waals surface area contributed by atoms with Crippen molar-refractivity contribution in [2.45, 2.75) is 64.8 Å². The van der Waals surface area contributed by atoms with E-state index in [0.29, 0.717) is 5.92 Å². The van der Waals surface area contributed by atoms with E-state index in [0.717, 1.165) is 12.8 Å². The highest BCUT2D eigenvalue weighted by Gasteiger charge is 2.40. The normalized spacial score (nSPS) is 33.1. The van der Waals surface area contributed by atoms with Gasteiger partial charge in [-0.25, -0.2) is 0 Å². The largest absolute Gasteiger partial charge is 0.388 e. The molecule has 2 nitrogen and oxygen atoms in total. The van der Waals surface area contributed by atoms with Crippen molar-refractivity contribution < 1.29 is 9.84 Å². The number of ether oxygens (including phenoxy) is 1. The van der Waals surface area contributed by atoms with Crippen LogP contribution < -0.4 is 0 Å². The molecule has 1 aliphatic heterocycles. The maximum absolute atomic E-state index is 9.88. The minimum Gasteiger partial charge on any atom is -0.388 e. The molecule has 2 unspecified atom stereocenters. The van der Waals surface area contributed by atoms with Crippen LogP contribution in [-0.4, -0.2) is 22.4 Å². The molecule has 0 amide bonds. The molecule has 1 aliphatic rings. The Morgan fingerprint density at radius 1 is 1.47 bits per heavy atom. The number of rotatable bonds is 3. The molecule has 0 aromatic rings. The van der Waals surface area contributed by atoms with Gasteiger partial charge in [0.05, 0.1) is 17.3 Å². The molecule has 15 heavy (non-hydrogen) atoms. The average molecular weight is 212 g/mol. The highest BCUT2D eigenvalue weighted by atomic mass is 16.5. The maximum Gasteiger partial charge on any atom is 0.0869 e. The lowest BCUT2D eigenvalue weighted by Gasteiger charge is -2.28. The molecule has 0 saturated carbocycles. The van der Waals surface area contributed by atoms with Gasteiger partial charge in [-0.3, -0.25) is 0 Å². The Morgan fingerprint density at radius 2 is 2.07 bits per heavy atom. The van der Waals surface area contributed by atoms with E-state index in [9.17, 15) is 5.11 Å². The predicted octanol–water partition coefficient (Wildman–Crippen LogP) is 2.91. The zero-order chi connectivity index (χ0) is 11.7. The molecule has 2 heteroatoms. The Hall–Kier alpha value is -0.340. The van der Waals surface area contributed by atoms with Crippen molar-refractivity contribution in [3.05, 3.63) is 12.2 Å². The molecule has 0 radical (unpaired) electrons. The Morgan fingerprint density at radius 3 is 2.47 bits per heavy atom. The molecule has 1 fully saturated rings. The second kappa shape index (κ2) is 4.26. The van der Waals surface area contributed by atoms with E-state index in [-0.39, 0.29) is 11.7 Å². The van der Waals surface area contributed by atoms with Crippen molar-refractivity contribution in [3.8, 4) is 0 Å². The summed E-state index contributed by atoms with van der Waals surface area (Å²) in [6.45, 7) is 10.0. The van der Waals surface area contributed by atoms with Gasteiger partial charge >= 0.3 is 0 Å². The topological polar surface area (TPSA) is 29.5 Å². The lowest BCUT2D eigenvalue weighted by Crippen LogP contribution is -2.37. The first kappa shape index (κ1) is 12.7. The number of hydrogen-bond acceptors (Lipinski definition) is 2. The third-order valence-electron chi connectivity index (χ3n) is 2.94. The van der Waals surface area contributed by atoms with Crippen LogP contribution in [-0.2, 0) is 4.74 Å². The fourth-order valence-electron chi connectivity index (χ4n) is 1.88. The first-order valence-electron chi connectivity index (χ1n) is 5.82. The molecule has 2 atom stereocenters. The van der Waals surface area contributed by atoms with Gasteiger partial charge in [0.25, 0.3) is 0 Å². The van der Waals surface area contributed by atoms with E-state index in [1.807, 2.05) is 13.8 Å². The van der Waals surface area contributed by atoms with Crippen LogP contribution in [0.1, 0.15) is 47.5 Å². The van der Waals surface area contributed by atoms with Gasteiger partial charge in [0.15, 0.2) is 0 Å². The second-order valence-electron chi connectivity index (χ2n) is 5.71. The zero-order valence-corrected chi connectivity index (χ0v) is 10.6. The summed E-state index contributed by atoms with van der Waals surface area (Å²) in [5.74, 6) is 0.548. The quantitative estimate of drug-likeness (QED) is 0.729. The summed E-state index contributed by atoms with van der Waals surface area (Å²) in [6, 6.07) is 0. The summed E-state index contributed by atoms with van der Waals surface area (Å²) in [6.07, 6.45) is 6.20. The van der Waals surface area contributed by atoms with Crippen LogP contribution in [0.4, 0.5) is 0 Å². The molecule has 1 saturated heterocycles. The first-order valence-corrected chi connectivity index (χ1v) is 5.82. The zero-order valence-electron chi connectivity index (χ0n) is 10.6. The maximum atomic E-state index is 9.88. The lowest BCUT2D eigenvalue weighted by molar-refractivity contribution is -0.0999. The lowest BCUT2D eigenvalue weighted by atomic mass is 9.96. The standard InChI is InChI=1S/C13H24O2/c1-10(2)6-8-13(5)9-7-11(15-13)12(3,4)14/h6,8,10-11,14H,7,9H2,1-5H3/b8-6+. The van der Waals surface area contributed by atoms with Crippen LogP contribution in [0.3, 0.4) is 0 Å². The average Bonchev–Trinajstić information content (AvgIpc) is 2.45. The van der Waals surface area contributed by atoms with E-state index in [1.165, 1.54) is 0 Å². The van der Waals surface area contributed by atoms with Gasteiger partial charge in [-0.05, 0) is 39.5 Å². The minimum atomic E-state index is -0.733. The highest BCUT2D eigenvalue weighted by molar-refractivity contribution is 5.05. The summed E-state index contributed by atoms with van der Waals surface area (Å²) < 4.78 is 5.93. The molecule has 0 bridgehead atoms. The monoisotopic (exact) mass is 212 g/mol. The second-order valence-corrected chi connectivity index (χ2v) is 5.71. The summed E-state index contributed by atoms with van der Waals surface area (Å²) in [5.41, 5.74) is -0.918. The highest BCUT2D eigenvalue weighted by Crippen LogP contribution is 2.36. The fourth-order valence-corrected chi connectivity index (χ4v) is 1.88. The molecule has 1 heterocycles. The van der Waals surface area contributed by atoms with Crippen LogP contribution >= 0.6 is 0 Å². The molecule has 1 N–H and O–H groups in total. The molecule has 1 rings (SSSR count). The van der Waals surface area contributed by atoms with Gasteiger partial charge in [-0.1, -0.05) is 26.0 Å². The van der Waals surface area contributed by atoms with E-state index in [4.69, 9.17) is 4.74 Å². The smallest absolute Gasteiger partial charge is 0.0869 e. The van der Waals surface area contributed by atoms with E-state index >= 15 is 0 Å². The summed E-state index contributed by atoms with van der Waals surface area (Å²) in [4.78, 5) is 0. The van der Waals surface area contributed by atoms with Gasteiger partial charge < -0.3 is 9.84 Å². The van der Waals surface area contributed by atoms with Crippen LogP contribution in [0.5, 0.6) is 0 Å². The molecule has 0 aromatic carbocycles. The third kappa shape index (κ3) is 3.62. The Bertz CT molecular complexity index is 237. The van der Waals surface area contributed by atoms with Crippen LogP contribution in [0.25, 0.3) is 0 Å². The van der Waals surface area contributed by atoms with Gasteiger partial charge in [-0.2, -0.15) is 0 Å². The van der Waals surface area contributed by atoms with Crippen molar-refractivity contribution >= 4 is 0 Å². The Kier molecular flexibility index (Phi) is 3.62. The first-order chi connectivity index (χ1) is 6.73. The van der Waals surface area contributed by atoms with Gasteiger partial charge in [-0.15, -0.1) is 0 Å². The predicted molar refractivity (Wildman–Crippen MR) is 62.8 cm³/mol. The molecule has 0 aliphatic carbocycles. The van der Waals surface area contributed by atoms with Crippen molar-refractivity contribution in [3.63, 3.8) is 0 Å². The molecule has 0 spiro atoms. The Labute approximate surface area is 93.3 Å². The van der Waals surface area contributed by atoms with E-state index in [1.54, 1.807) is 0 Å². The van der Waals surface area contributed by atoms with Crippen molar-refractivity contribution in [2.75, 3.05) is 0 Å². The van der Waals surface area contributed by atoms with Crippen LogP contribution in [0.15, 0.2) is 12.2 Å². The summed E-state index contributed by atoms with van der Waals surface area (Å²) >= 11 is 0. The Balaban J connectivity index is 2.61. The van der Waals surface area contributed by atoms with Gasteiger partial charge in [0.2, 0.25) is 0 Å². The summed E-state index contributed by atoms with van der Waals surface area (Å²) in [7, 11) is 0. The molecular weight excluding hydrogens is 188 g/mol. The van der Waals surface area contributed by atoms with Crippen molar-refractivity contribution in [1.29, 1.82) is 0 Å². The summed E-state index contributed by atoms with van der Waals surface area (Å²) in [5, 5.41) is 9.88.